The molecule has 0 aromatic heterocycles. The highest BCUT2D eigenvalue weighted by Crippen LogP contribution is 2.11. The maximum Gasteiger partial charge on any atom is 0.118 e. The van der Waals surface area contributed by atoms with Gasteiger partial charge in [-0.3, -0.25) is 0 Å². The average molecular weight is 193 g/mol. The highest BCUT2D eigenvalue weighted by Gasteiger charge is 1.97. The molecule has 0 saturated carbocycles. The van der Waals surface area contributed by atoms with Crippen LogP contribution in [0, 0.1) is 0 Å². The third-order valence-corrected chi connectivity index (χ3v) is 1.87. The molecule has 0 unspecified atom stereocenters. The number of oxime groups is 1. The summed E-state index contributed by atoms with van der Waals surface area (Å²) < 4.78 is 5.07. The first kappa shape index (κ1) is 10.6. The SMILES string of the molecule is CO/N=C(\C)Cc1ccc(OC)cc1. The lowest BCUT2D eigenvalue weighted by Gasteiger charge is -2.02. The topological polar surface area (TPSA) is 30.8 Å². The average Bonchev–Trinajstić information content (AvgIpc) is 2.19. The molecule has 0 spiro atoms. The molecule has 0 fully saturated rings. The molecule has 0 aliphatic carbocycles. The zero-order chi connectivity index (χ0) is 10.4. The Kier molecular flexibility index (Phi) is 3.98. The van der Waals surface area contributed by atoms with Crippen molar-refractivity contribution >= 4 is 5.71 Å². The number of benzene rings is 1. The fraction of sp³-hybridized carbons (Fsp3) is 0.364. The summed E-state index contributed by atoms with van der Waals surface area (Å²) in [6, 6.07) is 7.92. The van der Waals surface area contributed by atoms with Crippen LogP contribution in [-0.4, -0.2) is 19.9 Å². The molecular weight excluding hydrogens is 178 g/mol. The number of ether oxygens (including phenoxy) is 1. The number of nitrogens with zero attached hydrogens (tertiary/aromatic N) is 1. The lowest BCUT2D eigenvalue weighted by Crippen LogP contribution is -1.98. The lowest BCUT2D eigenvalue weighted by atomic mass is 10.1. The van der Waals surface area contributed by atoms with Crippen LogP contribution in [-0.2, 0) is 11.3 Å². The van der Waals surface area contributed by atoms with E-state index in [0.717, 1.165) is 17.9 Å². The van der Waals surface area contributed by atoms with Gasteiger partial charge in [-0.1, -0.05) is 17.3 Å². The molecule has 0 aliphatic heterocycles. The minimum atomic E-state index is 0.803. The molecule has 3 nitrogen and oxygen atoms in total. The molecule has 0 atom stereocenters. The van der Waals surface area contributed by atoms with Gasteiger partial charge < -0.3 is 9.57 Å². The molecule has 0 N–H and O–H groups in total. The molecule has 14 heavy (non-hydrogen) atoms. The number of hydrogen-bond donors (Lipinski definition) is 0. The maximum absolute atomic E-state index is 5.07. The van der Waals surface area contributed by atoms with Gasteiger partial charge in [-0.25, -0.2) is 0 Å². The summed E-state index contributed by atoms with van der Waals surface area (Å²) in [7, 11) is 3.21. The summed E-state index contributed by atoms with van der Waals surface area (Å²) in [5.74, 6) is 0.870. The van der Waals surface area contributed by atoms with E-state index in [1.54, 1.807) is 14.2 Å². The van der Waals surface area contributed by atoms with E-state index in [1.165, 1.54) is 5.56 Å². The van der Waals surface area contributed by atoms with Crippen molar-refractivity contribution in [1.29, 1.82) is 0 Å². The van der Waals surface area contributed by atoms with E-state index in [-0.39, 0.29) is 0 Å². The minimum absolute atomic E-state index is 0.803. The van der Waals surface area contributed by atoms with Crippen LogP contribution in [0.2, 0.25) is 0 Å². The van der Waals surface area contributed by atoms with Gasteiger partial charge in [0.1, 0.15) is 12.9 Å². The second-order valence-electron chi connectivity index (χ2n) is 3.03. The first-order chi connectivity index (χ1) is 6.76. The summed E-state index contributed by atoms with van der Waals surface area (Å²) in [5, 5.41) is 3.85. The second kappa shape index (κ2) is 5.27. The predicted octanol–water partition coefficient (Wildman–Crippen LogP) is 2.26. The third-order valence-electron chi connectivity index (χ3n) is 1.87. The van der Waals surface area contributed by atoms with Crippen molar-refractivity contribution in [3.63, 3.8) is 0 Å². The van der Waals surface area contributed by atoms with Crippen LogP contribution in [0.1, 0.15) is 12.5 Å². The number of hydrogen-bond acceptors (Lipinski definition) is 3. The highest BCUT2D eigenvalue weighted by atomic mass is 16.6. The van der Waals surface area contributed by atoms with E-state index >= 15 is 0 Å². The lowest BCUT2D eigenvalue weighted by molar-refractivity contribution is 0.212. The second-order valence-corrected chi connectivity index (χ2v) is 3.03. The quantitative estimate of drug-likeness (QED) is 0.542. The van der Waals surface area contributed by atoms with Gasteiger partial charge in [0.2, 0.25) is 0 Å². The first-order valence-corrected chi connectivity index (χ1v) is 4.46. The fourth-order valence-electron chi connectivity index (χ4n) is 1.23. The Hall–Kier alpha value is -1.51. The number of rotatable bonds is 4. The smallest absolute Gasteiger partial charge is 0.118 e. The van der Waals surface area contributed by atoms with Crippen LogP contribution < -0.4 is 4.74 Å². The van der Waals surface area contributed by atoms with Crippen LogP contribution in [0.25, 0.3) is 0 Å². The molecule has 0 heterocycles. The van der Waals surface area contributed by atoms with Crippen molar-refractivity contribution in [3.8, 4) is 5.75 Å². The Morgan fingerprint density at radius 2 is 1.86 bits per heavy atom. The Labute approximate surface area is 84.3 Å². The Morgan fingerprint density at radius 3 is 2.36 bits per heavy atom. The van der Waals surface area contributed by atoms with Gasteiger partial charge in [-0.05, 0) is 24.6 Å². The van der Waals surface area contributed by atoms with Crippen molar-refractivity contribution in [2.75, 3.05) is 14.2 Å². The summed E-state index contributed by atoms with van der Waals surface area (Å²) in [6.07, 6.45) is 0.803. The van der Waals surface area contributed by atoms with Crippen molar-refractivity contribution in [3.05, 3.63) is 29.8 Å². The highest BCUT2D eigenvalue weighted by molar-refractivity contribution is 5.83. The fourth-order valence-corrected chi connectivity index (χ4v) is 1.23. The minimum Gasteiger partial charge on any atom is -0.497 e. The molecule has 0 saturated heterocycles. The largest absolute Gasteiger partial charge is 0.497 e. The Morgan fingerprint density at radius 1 is 1.21 bits per heavy atom. The molecule has 0 aliphatic rings. The van der Waals surface area contributed by atoms with Gasteiger partial charge in [-0.2, -0.15) is 0 Å². The van der Waals surface area contributed by atoms with E-state index in [0.29, 0.717) is 0 Å². The standard InChI is InChI=1S/C11H15NO2/c1-9(12-14-3)8-10-4-6-11(13-2)7-5-10/h4-7H,8H2,1-3H3/b12-9+. The van der Waals surface area contributed by atoms with Crippen molar-refractivity contribution in [2.45, 2.75) is 13.3 Å². The van der Waals surface area contributed by atoms with Gasteiger partial charge in [0, 0.05) is 6.42 Å². The van der Waals surface area contributed by atoms with Gasteiger partial charge in [0.15, 0.2) is 0 Å². The first-order valence-electron chi connectivity index (χ1n) is 4.46. The zero-order valence-electron chi connectivity index (χ0n) is 8.78. The summed E-state index contributed by atoms with van der Waals surface area (Å²) in [5.41, 5.74) is 2.15. The summed E-state index contributed by atoms with van der Waals surface area (Å²) >= 11 is 0. The van der Waals surface area contributed by atoms with Crippen molar-refractivity contribution in [2.24, 2.45) is 5.16 Å². The van der Waals surface area contributed by atoms with Crippen LogP contribution in [0.15, 0.2) is 29.4 Å². The summed E-state index contributed by atoms with van der Waals surface area (Å²) in [4.78, 5) is 4.68. The van der Waals surface area contributed by atoms with Crippen LogP contribution in [0.5, 0.6) is 5.75 Å². The molecule has 3 heteroatoms. The van der Waals surface area contributed by atoms with Crippen molar-refractivity contribution in [1.82, 2.24) is 0 Å². The molecule has 1 aromatic carbocycles. The van der Waals surface area contributed by atoms with E-state index in [2.05, 4.69) is 9.99 Å². The molecule has 76 valence electrons. The van der Waals surface area contributed by atoms with Crippen LogP contribution in [0.4, 0.5) is 0 Å². The predicted molar refractivity (Wildman–Crippen MR) is 56.8 cm³/mol. The molecule has 1 aromatic rings. The van der Waals surface area contributed by atoms with Crippen molar-refractivity contribution < 1.29 is 9.57 Å². The van der Waals surface area contributed by atoms with Gasteiger partial charge in [0.05, 0.1) is 12.8 Å². The Balaban J connectivity index is 2.64. The third kappa shape index (κ3) is 3.09. The Bertz CT molecular complexity index is 304. The summed E-state index contributed by atoms with van der Waals surface area (Å²) in [6.45, 7) is 1.94. The molecule has 0 amide bonds. The molecule has 1 rings (SSSR count). The normalized spacial score (nSPS) is 11.2. The monoisotopic (exact) mass is 193 g/mol. The van der Waals surface area contributed by atoms with E-state index in [9.17, 15) is 0 Å². The zero-order valence-corrected chi connectivity index (χ0v) is 8.78. The van der Waals surface area contributed by atoms with Gasteiger partial charge in [-0.15, -0.1) is 0 Å². The van der Waals surface area contributed by atoms with Crippen LogP contribution >= 0.6 is 0 Å². The van der Waals surface area contributed by atoms with E-state index < -0.39 is 0 Å². The van der Waals surface area contributed by atoms with Gasteiger partial charge >= 0.3 is 0 Å². The molecule has 0 bridgehead atoms. The molecular formula is C11H15NO2. The van der Waals surface area contributed by atoms with E-state index in [4.69, 9.17) is 4.74 Å². The maximum atomic E-state index is 5.07. The van der Waals surface area contributed by atoms with E-state index in [1.807, 2.05) is 31.2 Å². The number of methoxy groups -OCH3 is 1. The molecule has 0 radical (unpaired) electrons. The van der Waals surface area contributed by atoms with Gasteiger partial charge in [0.25, 0.3) is 0 Å². The van der Waals surface area contributed by atoms with Crippen LogP contribution in [0.3, 0.4) is 0 Å².